The van der Waals surface area contributed by atoms with E-state index in [1.807, 2.05) is 30.5 Å². The highest BCUT2D eigenvalue weighted by atomic mass is 32.2. The molecule has 0 bridgehead atoms. The van der Waals surface area contributed by atoms with Crippen molar-refractivity contribution < 1.29 is 14.4 Å². The predicted octanol–water partition coefficient (Wildman–Crippen LogP) is 3.24. The van der Waals surface area contributed by atoms with E-state index in [0.717, 1.165) is 16.8 Å². The first kappa shape index (κ1) is 16.9. The van der Waals surface area contributed by atoms with Crippen molar-refractivity contribution in [3.05, 3.63) is 35.4 Å². The molecule has 126 valence electrons. The van der Waals surface area contributed by atoms with Crippen LogP contribution in [0.3, 0.4) is 0 Å². The predicted molar refractivity (Wildman–Crippen MR) is 96.0 cm³/mol. The summed E-state index contributed by atoms with van der Waals surface area (Å²) in [7, 11) is 1.41. The van der Waals surface area contributed by atoms with Crippen molar-refractivity contribution in [3.63, 3.8) is 0 Å². The summed E-state index contributed by atoms with van der Waals surface area (Å²) in [6.07, 6.45) is 5.62. The van der Waals surface area contributed by atoms with E-state index in [0.29, 0.717) is 18.8 Å². The van der Waals surface area contributed by atoms with Gasteiger partial charge in [-0.25, -0.2) is 0 Å². The largest absolute Gasteiger partial charge is 0.468 e. The molecule has 2 aliphatic rings. The number of oxime groups is 1. The van der Waals surface area contributed by atoms with E-state index in [9.17, 15) is 4.79 Å². The molecule has 2 atom stereocenters. The van der Waals surface area contributed by atoms with Gasteiger partial charge in [0, 0.05) is 24.3 Å². The molecule has 1 aromatic rings. The van der Waals surface area contributed by atoms with Crippen LogP contribution < -0.4 is 0 Å². The van der Waals surface area contributed by atoms with Gasteiger partial charge in [-0.1, -0.05) is 29.1 Å². The number of methoxy groups -OCH3 is 1. The summed E-state index contributed by atoms with van der Waals surface area (Å²) in [6, 6.07) is 8.13. The standard InChI is InChI=1S/C19H21NO3S/c1-22-19(21)18(24-2)12-16-11-17(20-23-16)15-9-7-14(8-10-15)6-5-13-3-4-13/h7-10,13,16,18H,3-4,11-12H2,1-2H3. The summed E-state index contributed by atoms with van der Waals surface area (Å²) < 4.78 is 4.82. The molecule has 0 aromatic heterocycles. The van der Waals surface area contributed by atoms with Gasteiger partial charge in [-0.3, -0.25) is 4.79 Å². The van der Waals surface area contributed by atoms with Crippen LogP contribution in [0.5, 0.6) is 0 Å². The van der Waals surface area contributed by atoms with Gasteiger partial charge < -0.3 is 9.57 Å². The van der Waals surface area contributed by atoms with Crippen LogP contribution in [-0.4, -0.2) is 36.4 Å². The Balaban J connectivity index is 1.57. The highest BCUT2D eigenvalue weighted by molar-refractivity contribution is 7.99. The van der Waals surface area contributed by atoms with Gasteiger partial charge in [0.15, 0.2) is 0 Å². The summed E-state index contributed by atoms with van der Waals surface area (Å²) in [5, 5.41) is 3.98. The summed E-state index contributed by atoms with van der Waals surface area (Å²) in [5.74, 6) is 6.87. The Hall–Kier alpha value is -1.93. The van der Waals surface area contributed by atoms with Crippen LogP contribution in [0.2, 0.25) is 0 Å². The molecule has 1 saturated carbocycles. The lowest BCUT2D eigenvalue weighted by molar-refractivity contribution is -0.140. The van der Waals surface area contributed by atoms with Gasteiger partial charge in [-0.05, 0) is 36.8 Å². The second-order valence-corrected chi connectivity index (χ2v) is 7.11. The molecule has 2 unspecified atom stereocenters. The van der Waals surface area contributed by atoms with Gasteiger partial charge >= 0.3 is 5.97 Å². The number of hydrogen-bond acceptors (Lipinski definition) is 5. The van der Waals surface area contributed by atoms with Crippen molar-refractivity contribution >= 4 is 23.4 Å². The van der Waals surface area contributed by atoms with Gasteiger partial charge in [0.1, 0.15) is 11.4 Å². The number of carbonyl (C=O) groups excluding carboxylic acids is 1. The third-order valence-electron chi connectivity index (χ3n) is 4.17. The van der Waals surface area contributed by atoms with Crippen LogP contribution in [0.1, 0.15) is 36.8 Å². The average molecular weight is 343 g/mol. The van der Waals surface area contributed by atoms with Crippen LogP contribution in [0, 0.1) is 17.8 Å². The van der Waals surface area contributed by atoms with Gasteiger partial charge in [0.05, 0.1) is 12.8 Å². The number of esters is 1. The second-order valence-electron chi connectivity index (χ2n) is 6.07. The quantitative estimate of drug-likeness (QED) is 0.608. The lowest BCUT2D eigenvalue weighted by atomic mass is 10.0. The van der Waals surface area contributed by atoms with E-state index >= 15 is 0 Å². The molecule has 4 nitrogen and oxygen atoms in total. The molecule has 5 heteroatoms. The zero-order chi connectivity index (χ0) is 16.9. The minimum Gasteiger partial charge on any atom is -0.468 e. The second kappa shape index (κ2) is 7.76. The summed E-state index contributed by atoms with van der Waals surface area (Å²) in [4.78, 5) is 17.2. The molecule has 0 N–H and O–H groups in total. The van der Waals surface area contributed by atoms with Crippen LogP contribution >= 0.6 is 11.8 Å². The molecule has 1 heterocycles. The molecule has 0 spiro atoms. The summed E-state index contributed by atoms with van der Waals surface area (Å²) in [5.41, 5.74) is 3.01. The van der Waals surface area contributed by atoms with Crippen molar-refractivity contribution in [2.24, 2.45) is 11.1 Å². The molecule has 0 saturated heterocycles. The SMILES string of the molecule is COC(=O)C(CC1CC(c2ccc(C#CC3CC3)cc2)=NO1)SC. The van der Waals surface area contributed by atoms with E-state index < -0.39 is 0 Å². The molecule has 0 radical (unpaired) electrons. The topological polar surface area (TPSA) is 47.9 Å². The van der Waals surface area contributed by atoms with E-state index in [2.05, 4.69) is 17.0 Å². The van der Waals surface area contributed by atoms with E-state index in [4.69, 9.17) is 9.57 Å². The first-order chi connectivity index (χ1) is 11.7. The number of rotatable bonds is 5. The molecule has 1 aromatic carbocycles. The Morgan fingerprint density at radius 2 is 2.17 bits per heavy atom. The maximum Gasteiger partial charge on any atom is 0.318 e. The Morgan fingerprint density at radius 3 is 2.79 bits per heavy atom. The lowest BCUT2D eigenvalue weighted by Gasteiger charge is -2.15. The van der Waals surface area contributed by atoms with Gasteiger partial charge in [0.25, 0.3) is 0 Å². The third-order valence-corrected chi connectivity index (χ3v) is 5.13. The fraction of sp³-hybridized carbons (Fsp3) is 0.474. The van der Waals surface area contributed by atoms with Crippen LogP contribution in [-0.2, 0) is 14.4 Å². The number of ether oxygens (including phenoxy) is 1. The highest BCUT2D eigenvalue weighted by Gasteiger charge is 2.29. The molecule has 1 aliphatic carbocycles. The minimum atomic E-state index is -0.213. The highest BCUT2D eigenvalue weighted by Crippen LogP contribution is 2.28. The van der Waals surface area contributed by atoms with E-state index in [1.165, 1.54) is 31.7 Å². The maximum absolute atomic E-state index is 11.7. The smallest absolute Gasteiger partial charge is 0.318 e. The van der Waals surface area contributed by atoms with E-state index in [-0.39, 0.29) is 17.3 Å². The van der Waals surface area contributed by atoms with Crippen molar-refractivity contribution in [2.75, 3.05) is 13.4 Å². The molecular formula is C19H21NO3S. The average Bonchev–Trinajstić information content (AvgIpc) is 3.34. The Morgan fingerprint density at radius 1 is 1.42 bits per heavy atom. The van der Waals surface area contributed by atoms with Crippen molar-refractivity contribution in [3.8, 4) is 11.8 Å². The van der Waals surface area contributed by atoms with Gasteiger partial charge in [0.2, 0.25) is 0 Å². The van der Waals surface area contributed by atoms with Crippen LogP contribution in [0.15, 0.2) is 29.4 Å². The molecule has 0 amide bonds. The zero-order valence-electron chi connectivity index (χ0n) is 14.0. The summed E-state index contributed by atoms with van der Waals surface area (Å²) >= 11 is 1.48. The molecule has 3 rings (SSSR count). The van der Waals surface area contributed by atoms with Crippen LogP contribution in [0.4, 0.5) is 0 Å². The Kier molecular flexibility index (Phi) is 5.47. The fourth-order valence-electron chi connectivity index (χ4n) is 2.54. The number of thioether (sulfide) groups is 1. The molecule has 1 fully saturated rings. The normalized spacial score (nSPS) is 20.4. The Bertz CT molecular complexity index is 683. The molecular weight excluding hydrogens is 322 g/mol. The first-order valence-corrected chi connectivity index (χ1v) is 9.43. The summed E-state index contributed by atoms with van der Waals surface area (Å²) in [6.45, 7) is 0. The van der Waals surface area contributed by atoms with Gasteiger partial charge in [-0.2, -0.15) is 11.8 Å². The number of hydrogen-bond donors (Lipinski definition) is 0. The Labute approximate surface area is 147 Å². The maximum atomic E-state index is 11.7. The van der Waals surface area contributed by atoms with Crippen molar-refractivity contribution in [2.45, 2.75) is 37.0 Å². The monoisotopic (exact) mass is 343 g/mol. The van der Waals surface area contributed by atoms with Crippen molar-refractivity contribution in [1.82, 2.24) is 0 Å². The molecule has 24 heavy (non-hydrogen) atoms. The van der Waals surface area contributed by atoms with Crippen molar-refractivity contribution in [1.29, 1.82) is 0 Å². The number of carbonyl (C=O) groups is 1. The zero-order valence-corrected chi connectivity index (χ0v) is 14.8. The minimum absolute atomic E-state index is 0.0779. The fourth-order valence-corrected chi connectivity index (χ4v) is 3.24. The van der Waals surface area contributed by atoms with Gasteiger partial charge in [-0.15, -0.1) is 0 Å². The van der Waals surface area contributed by atoms with Crippen LogP contribution in [0.25, 0.3) is 0 Å². The first-order valence-electron chi connectivity index (χ1n) is 8.15. The number of nitrogens with zero attached hydrogens (tertiary/aromatic N) is 1. The molecule has 1 aliphatic heterocycles. The third kappa shape index (κ3) is 4.33. The number of benzene rings is 1. The lowest BCUT2D eigenvalue weighted by Crippen LogP contribution is -2.24. The van der Waals surface area contributed by atoms with E-state index in [1.54, 1.807) is 0 Å².